The molecule has 116 valence electrons. The van der Waals surface area contributed by atoms with Crippen molar-refractivity contribution in [3.63, 3.8) is 0 Å². The lowest BCUT2D eigenvalue weighted by molar-refractivity contribution is -0.121. The molecule has 1 amide bonds. The number of primary amides is 1. The standard InChI is InChI=1S/C12H17FN4O3S/c13-11-8(6-14)2-1-3-10(11)16-21(19,20)17-5-4-9(7-17)12(15)18/h1-3,9,16H,4-7,14H2,(H2,15,18). The molecule has 0 aromatic heterocycles. The lowest BCUT2D eigenvalue weighted by atomic mass is 10.1. The molecule has 0 aliphatic carbocycles. The second-order valence-corrected chi connectivity index (χ2v) is 6.51. The van der Waals surface area contributed by atoms with Gasteiger partial charge in [-0.1, -0.05) is 12.1 Å². The number of rotatable bonds is 5. The summed E-state index contributed by atoms with van der Waals surface area (Å²) in [7, 11) is -3.93. The van der Waals surface area contributed by atoms with Gasteiger partial charge in [-0.25, -0.2) is 4.39 Å². The zero-order valence-corrected chi connectivity index (χ0v) is 12.1. The molecule has 0 radical (unpaired) electrons. The first-order chi connectivity index (χ1) is 9.85. The number of hydrogen-bond acceptors (Lipinski definition) is 4. The van der Waals surface area contributed by atoms with Gasteiger partial charge in [-0.3, -0.25) is 9.52 Å². The van der Waals surface area contributed by atoms with Crippen LogP contribution in [0.5, 0.6) is 0 Å². The summed E-state index contributed by atoms with van der Waals surface area (Å²) in [5.74, 6) is -1.75. The van der Waals surface area contributed by atoms with Crippen molar-refractivity contribution >= 4 is 21.8 Å². The zero-order chi connectivity index (χ0) is 15.6. The molecule has 1 unspecified atom stereocenters. The van der Waals surface area contributed by atoms with Crippen LogP contribution < -0.4 is 16.2 Å². The van der Waals surface area contributed by atoms with E-state index in [2.05, 4.69) is 4.72 Å². The average Bonchev–Trinajstić information content (AvgIpc) is 2.91. The number of nitrogens with zero attached hydrogens (tertiary/aromatic N) is 1. The Morgan fingerprint density at radius 1 is 1.48 bits per heavy atom. The maximum absolute atomic E-state index is 14.0. The van der Waals surface area contributed by atoms with Crippen LogP contribution in [0.15, 0.2) is 18.2 Å². The van der Waals surface area contributed by atoms with E-state index in [1.807, 2.05) is 0 Å². The third-order valence-electron chi connectivity index (χ3n) is 3.43. The van der Waals surface area contributed by atoms with Crippen LogP contribution in [0.1, 0.15) is 12.0 Å². The van der Waals surface area contributed by atoms with E-state index in [0.29, 0.717) is 6.42 Å². The molecule has 2 rings (SSSR count). The number of nitrogens with one attached hydrogen (secondary N) is 1. The van der Waals surface area contributed by atoms with Gasteiger partial charge in [0.2, 0.25) is 5.91 Å². The van der Waals surface area contributed by atoms with Gasteiger partial charge in [0.25, 0.3) is 0 Å². The summed E-state index contributed by atoms with van der Waals surface area (Å²) in [4.78, 5) is 11.1. The van der Waals surface area contributed by atoms with E-state index < -0.39 is 27.9 Å². The van der Waals surface area contributed by atoms with E-state index in [4.69, 9.17) is 11.5 Å². The third kappa shape index (κ3) is 3.31. The summed E-state index contributed by atoms with van der Waals surface area (Å²) in [6, 6.07) is 4.30. The van der Waals surface area contributed by atoms with E-state index in [0.717, 1.165) is 4.31 Å². The number of hydrogen-bond donors (Lipinski definition) is 3. The van der Waals surface area contributed by atoms with E-state index in [-0.39, 0.29) is 30.9 Å². The van der Waals surface area contributed by atoms with Gasteiger partial charge in [0, 0.05) is 25.2 Å². The van der Waals surface area contributed by atoms with Gasteiger partial charge in [-0.2, -0.15) is 12.7 Å². The molecule has 1 aliphatic rings. The van der Waals surface area contributed by atoms with Crippen molar-refractivity contribution in [3.05, 3.63) is 29.6 Å². The minimum absolute atomic E-state index is 0.00284. The van der Waals surface area contributed by atoms with E-state index in [1.54, 1.807) is 0 Å². The fraction of sp³-hybridized carbons (Fsp3) is 0.417. The van der Waals surface area contributed by atoms with Gasteiger partial charge in [0.15, 0.2) is 5.82 Å². The molecule has 1 heterocycles. The first-order valence-corrected chi connectivity index (χ1v) is 7.84. The predicted octanol–water partition coefficient (Wildman–Crippen LogP) is -0.252. The van der Waals surface area contributed by atoms with Crippen LogP contribution >= 0.6 is 0 Å². The van der Waals surface area contributed by atoms with Crippen molar-refractivity contribution in [3.8, 4) is 0 Å². The summed E-state index contributed by atoms with van der Waals surface area (Å²) in [5, 5.41) is 0. The van der Waals surface area contributed by atoms with E-state index in [9.17, 15) is 17.6 Å². The molecule has 1 saturated heterocycles. The lowest BCUT2D eigenvalue weighted by Gasteiger charge is -2.18. The summed E-state index contributed by atoms with van der Waals surface area (Å²) < 4.78 is 41.6. The lowest BCUT2D eigenvalue weighted by Crippen LogP contribution is -2.36. The molecule has 1 aromatic carbocycles. The van der Waals surface area contributed by atoms with Gasteiger partial charge in [-0.15, -0.1) is 0 Å². The van der Waals surface area contributed by atoms with Crippen LogP contribution in [-0.4, -0.2) is 31.7 Å². The fourth-order valence-electron chi connectivity index (χ4n) is 2.20. The highest BCUT2D eigenvalue weighted by Crippen LogP contribution is 2.23. The van der Waals surface area contributed by atoms with Crippen molar-refractivity contribution in [2.75, 3.05) is 17.8 Å². The van der Waals surface area contributed by atoms with Gasteiger partial charge >= 0.3 is 10.2 Å². The predicted molar refractivity (Wildman–Crippen MR) is 75.7 cm³/mol. The second kappa shape index (κ2) is 5.96. The Morgan fingerprint density at radius 3 is 2.76 bits per heavy atom. The topological polar surface area (TPSA) is 119 Å². The minimum Gasteiger partial charge on any atom is -0.369 e. The molecule has 1 fully saturated rings. The molecule has 0 saturated carbocycles. The summed E-state index contributed by atoms with van der Waals surface area (Å²) in [5.41, 5.74) is 10.6. The molecule has 1 atom stereocenters. The maximum Gasteiger partial charge on any atom is 0.301 e. The highest BCUT2D eigenvalue weighted by atomic mass is 32.2. The third-order valence-corrected chi connectivity index (χ3v) is 4.92. The highest BCUT2D eigenvalue weighted by molar-refractivity contribution is 7.90. The van der Waals surface area contributed by atoms with Crippen molar-refractivity contribution in [2.24, 2.45) is 17.4 Å². The quantitative estimate of drug-likeness (QED) is 0.694. The Labute approximate surface area is 122 Å². The monoisotopic (exact) mass is 316 g/mol. The molecule has 0 spiro atoms. The summed E-state index contributed by atoms with van der Waals surface area (Å²) >= 11 is 0. The normalized spacial score (nSPS) is 19.6. The van der Waals surface area contributed by atoms with Crippen molar-refractivity contribution < 1.29 is 17.6 Å². The van der Waals surface area contributed by atoms with Crippen LogP contribution in [0.2, 0.25) is 0 Å². The number of carbonyl (C=O) groups is 1. The fourth-order valence-corrected chi connectivity index (χ4v) is 3.49. The van der Waals surface area contributed by atoms with Crippen LogP contribution in [0.3, 0.4) is 0 Å². The number of amides is 1. The van der Waals surface area contributed by atoms with Gasteiger partial charge in [0.1, 0.15) is 0 Å². The largest absolute Gasteiger partial charge is 0.369 e. The first-order valence-electron chi connectivity index (χ1n) is 6.40. The number of benzene rings is 1. The average molecular weight is 316 g/mol. The van der Waals surface area contributed by atoms with Crippen molar-refractivity contribution in [1.29, 1.82) is 0 Å². The SMILES string of the molecule is NCc1cccc(NS(=O)(=O)N2CCC(C(N)=O)C2)c1F. The molecular weight excluding hydrogens is 299 g/mol. The Kier molecular flexibility index (Phi) is 4.45. The molecule has 21 heavy (non-hydrogen) atoms. The van der Waals surface area contributed by atoms with Crippen LogP contribution in [-0.2, 0) is 21.5 Å². The maximum atomic E-state index is 14.0. The second-order valence-electron chi connectivity index (χ2n) is 4.84. The van der Waals surface area contributed by atoms with Crippen LogP contribution in [0.25, 0.3) is 0 Å². The van der Waals surface area contributed by atoms with Crippen LogP contribution in [0.4, 0.5) is 10.1 Å². The smallest absolute Gasteiger partial charge is 0.301 e. The molecular formula is C12H17FN4O3S. The number of anilines is 1. The minimum atomic E-state index is -3.93. The zero-order valence-electron chi connectivity index (χ0n) is 11.3. The number of carbonyl (C=O) groups excluding carboxylic acids is 1. The van der Waals surface area contributed by atoms with Crippen LogP contribution in [0, 0.1) is 11.7 Å². The molecule has 1 aliphatic heterocycles. The summed E-state index contributed by atoms with van der Waals surface area (Å²) in [6.07, 6.45) is 0.363. The molecule has 7 nitrogen and oxygen atoms in total. The Morgan fingerprint density at radius 2 is 2.19 bits per heavy atom. The molecule has 9 heteroatoms. The number of halogens is 1. The number of nitrogens with two attached hydrogens (primary N) is 2. The molecule has 5 N–H and O–H groups in total. The Bertz CT molecular complexity index is 650. The molecule has 0 bridgehead atoms. The highest BCUT2D eigenvalue weighted by Gasteiger charge is 2.34. The van der Waals surface area contributed by atoms with E-state index >= 15 is 0 Å². The van der Waals surface area contributed by atoms with Gasteiger partial charge in [0.05, 0.1) is 11.6 Å². The Balaban J connectivity index is 2.17. The van der Waals surface area contributed by atoms with Gasteiger partial charge < -0.3 is 11.5 Å². The van der Waals surface area contributed by atoms with Crippen molar-refractivity contribution in [2.45, 2.75) is 13.0 Å². The Hall–Kier alpha value is -1.71. The molecule has 1 aromatic rings. The van der Waals surface area contributed by atoms with E-state index in [1.165, 1.54) is 18.2 Å². The van der Waals surface area contributed by atoms with Gasteiger partial charge in [-0.05, 0) is 12.5 Å². The van der Waals surface area contributed by atoms with Crippen molar-refractivity contribution in [1.82, 2.24) is 4.31 Å². The summed E-state index contributed by atoms with van der Waals surface area (Å²) in [6.45, 7) is 0.138. The first kappa shape index (κ1) is 15.7.